The number of carbonyl (C=O) groups is 4. The molecule has 0 aliphatic heterocycles. The lowest BCUT2D eigenvalue weighted by atomic mass is 9.98. The van der Waals surface area contributed by atoms with E-state index in [0.29, 0.717) is 12.0 Å². The summed E-state index contributed by atoms with van der Waals surface area (Å²) >= 11 is 0. The Kier molecular flexibility index (Phi) is 13.1. The van der Waals surface area contributed by atoms with Gasteiger partial charge in [0.1, 0.15) is 31.1 Å². The maximum atomic E-state index is 13.3. The number of carbonyl (C=O) groups excluding carboxylic acids is 4. The number of benzene rings is 2. The summed E-state index contributed by atoms with van der Waals surface area (Å²) in [6.45, 7) is 6.30. The largest absolute Gasteiger partial charge is 0.508 e. The van der Waals surface area contributed by atoms with Gasteiger partial charge < -0.3 is 25.8 Å². The highest BCUT2D eigenvalue weighted by Gasteiger charge is 2.30. The fourth-order valence-electron chi connectivity index (χ4n) is 4.06. The Bertz CT molecular complexity index is 1110. The van der Waals surface area contributed by atoms with E-state index in [4.69, 9.17) is 4.74 Å². The molecular formula is C30H40FN3O6. The lowest BCUT2D eigenvalue weighted by molar-refractivity contribution is -0.132. The van der Waals surface area contributed by atoms with Gasteiger partial charge in [0.25, 0.3) is 0 Å². The number of halogens is 1. The summed E-state index contributed by atoms with van der Waals surface area (Å²) in [5.74, 6) is -1.94. The average Bonchev–Trinajstić information content (AvgIpc) is 2.91. The molecule has 4 N–H and O–H groups in total. The van der Waals surface area contributed by atoms with Crippen molar-refractivity contribution in [2.45, 2.75) is 71.7 Å². The van der Waals surface area contributed by atoms with Crippen molar-refractivity contribution in [2.24, 2.45) is 11.8 Å². The number of amides is 3. The number of hydrogen-bond donors (Lipinski definition) is 4. The van der Waals surface area contributed by atoms with E-state index >= 15 is 0 Å². The summed E-state index contributed by atoms with van der Waals surface area (Å²) in [5, 5.41) is 17.4. The van der Waals surface area contributed by atoms with Crippen LogP contribution in [0.2, 0.25) is 0 Å². The van der Waals surface area contributed by atoms with Crippen LogP contribution in [0, 0.1) is 11.8 Å². The van der Waals surface area contributed by atoms with Gasteiger partial charge in [-0.05, 0) is 54.4 Å². The minimum atomic E-state index is -1.27. The number of ether oxygens (including phenoxy) is 1. The van der Waals surface area contributed by atoms with Gasteiger partial charge in [-0.25, -0.2) is 9.18 Å². The van der Waals surface area contributed by atoms with Crippen LogP contribution in [0.4, 0.5) is 9.18 Å². The third kappa shape index (κ3) is 11.4. The molecule has 10 heteroatoms. The number of ketones is 1. The molecule has 0 fully saturated rings. The van der Waals surface area contributed by atoms with Crippen molar-refractivity contribution in [3.63, 3.8) is 0 Å². The molecule has 0 aliphatic rings. The first kappa shape index (κ1) is 32.3. The molecule has 0 aliphatic carbocycles. The second kappa shape index (κ2) is 16.2. The van der Waals surface area contributed by atoms with Crippen molar-refractivity contribution in [1.82, 2.24) is 16.0 Å². The van der Waals surface area contributed by atoms with Crippen LogP contribution in [0.25, 0.3) is 0 Å². The quantitative estimate of drug-likeness (QED) is 0.263. The molecule has 9 nitrogen and oxygen atoms in total. The molecule has 40 heavy (non-hydrogen) atoms. The van der Waals surface area contributed by atoms with E-state index in [1.165, 1.54) is 12.1 Å². The Morgan fingerprint density at radius 2 is 1.27 bits per heavy atom. The van der Waals surface area contributed by atoms with Crippen molar-refractivity contribution < 1.29 is 33.4 Å². The molecule has 0 radical (unpaired) electrons. The first-order valence-electron chi connectivity index (χ1n) is 13.4. The normalized spacial score (nSPS) is 13.3. The van der Waals surface area contributed by atoms with Crippen molar-refractivity contribution in [1.29, 1.82) is 0 Å². The highest BCUT2D eigenvalue weighted by Crippen LogP contribution is 2.14. The van der Waals surface area contributed by atoms with Crippen LogP contribution in [0.5, 0.6) is 5.75 Å². The van der Waals surface area contributed by atoms with Crippen LogP contribution in [-0.2, 0) is 32.1 Å². The number of phenols is 1. The molecule has 3 unspecified atom stereocenters. The Balaban J connectivity index is 2.11. The number of alkyl carbamates (subject to hydrolysis) is 1. The maximum Gasteiger partial charge on any atom is 0.408 e. The number of nitrogens with one attached hydrogen (secondary N) is 3. The average molecular weight is 558 g/mol. The van der Waals surface area contributed by atoms with Crippen LogP contribution in [0.15, 0.2) is 54.6 Å². The van der Waals surface area contributed by atoms with Crippen LogP contribution in [0.3, 0.4) is 0 Å². The second-order valence-corrected chi connectivity index (χ2v) is 10.6. The number of alkyl halides is 1. The van der Waals surface area contributed by atoms with Gasteiger partial charge in [0.05, 0.1) is 6.04 Å². The first-order valence-corrected chi connectivity index (χ1v) is 13.4. The second-order valence-electron chi connectivity index (χ2n) is 10.6. The van der Waals surface area contributed by atoms with E-state index in [9.17, 15) is 28.7 Å². The Morgan fingerprint density at radius 3 is 1.80 bits per heavy atom. The number of aromatic hydroxyl groups is 1. The minimum absolute atomic E-state index is 0.00387. The summed E-state index contributed by atoms with van der Waals surface area (Å²) < 4.78 is 18.6. The zero-order valence-corrected chi connectivity index (χ0v) is 23.5. The fourth-order valence-corrected chi connectivity index (χ4v) is 4.06. The highest BCUT2D eigenvalue weighted by molar-refractivity contribution is 5.94. The third-order valence-corrected chi connectivity index (χ3v) is 6.08. The van der Waals surface area contributed by atoms with Crippen molar-refractivity contribution in [3.8, 4) is 5.75 Å². The Hall–Kier alpha value is -3.95. The summed E-state index contributed by atoms with van der Waals surface area (Å²) in [5.41, 5.74) is 1.41. The number of phenolic OH excluding ortho intramolecular Hbond substituents is 1. The Labute approximate surface area is 234 Å². The predicted molar refractivity (Wildman–Crippen MR) is 149 cm³/mol. The fraction of sp³-hybridized carbons (Fsp3) is 0.467. The van der Waals surface area contributed by atoms with E-state index < -0.39 is 48.5 Å². The molecule has 2 aromatic rings. The summed E-state index contributed by atoms with van der Waals surface area (Å²) in [6.07, 6.45) is -0.203. The van der Waals surface area contributed by atoms with E-state index in [2.05, 4.69) is 16.0 Å². The van der Waals surface area contributed by atoms with E-state index in [0.717, 1.165) is 5.56 Å². The molecule has 2 rings (SSSR count). The molecule has 0 saturated heterocycles. The zero-order valence-electron chi connectivity index (χ0n) is 23.5. The molecule has 3 amide bonds. The molecule has 0 heterocycles. The van der Waals surface area contributed by atoms with Gasteiger partial charge in [-0.3, -0.25) is 14.4 Å². The Morgan fingerprint density at radius 1 is 0.750 bits per heavy atom. The molecular weight excluding hydrogens is 517 g/mol. The van der Waals surface area contributed by atoms with Crippen molar-refractivity contribution in [3.05, 3.63) is 65.7 Å². The molecule has 0 aromatic heterocycles. The summed E-state index contributed by atoms with van der Waals surface area (Å²) in [6, 6.07) is 12.0. The monoisotopic (exact) mass is 557 g/mol. The highest BCUT2D eigenvalue weighted by atomic mass is 19.1. The smallest absolute Gasteiger partial charge is 0.408 e. The number of hydrogen-bond acceptors (Lipinski definition) is 6. The van der Waals surface area contributed by atoms with Gasteiger partial charge in [-0.2, -0.15) is 0 Å². The van der Waals surface area contributed by atoms with Gasteiger partial charge >= 0.3 is 6.09 Å². The van der Waals surface area contributed by atoms with E-state index in [-0.39, 0.29) is 37.0 Å². The predicted octanol–water partition coefficient (Wildman–Crippen LogP) is 3.83. The summed E-state index contributed by atoms with van der Waals surface area (Å²) in [7, 11) is 0. The minimum Gasteiger partial charge on any atom is -0.508 e. The standard InChI is InChI=1S/C30H40FN3O6/c1-19(2)14-25(28(37)32-24(27(36)17-31)16-21-10-12-23(35)13-11-21)33-29(38)26(15-20(3)4)34-30(39)40-18-22-8-6-5-7-9-22/h5-13,19-20,24-26,35H,14-18H2,1-4H3,(H,32,37)(H,33,38)(H,34,39). The van der Waals surface area contributed by atoms with E-state index in [1.807, 2.05) is 58.0 Å². The van der Waals surface area contributed by atoms with Crippen LogP contribution < -0.4 is 16.0 Å². The molecule has 218 valence electrons. The number of rotatable bonds is 15. The lowest BCUT2D eigenvalue weighted by Crippen LogP contribution is -2.56. The SMILES string of the molecule is CC(C)CC(NC(=O)OCc1ccccc1)C(=O)NC(CC(C)C)C(=O)NC(Cc1ccc(O)cc1)C(=O)CF. The van der Waals surface area contributed by atoms with Crippen molar-refractivity contribution in [2.75, 3.05) is 6.67 Å². The maximum absolute atomic E-state index is 13.3. The summed E-state index contributed by atoms with van der Waals surface area (Å²) in [4.78, 5) is 51.3. The molecule has 2 aromatic carbocycles. The molecule has 0 spiro atoms. The van der Waals surface area contributed by atoms with Gasteiger partial charge in [0.15, 0.2) is 5.78 Å². The van der Waals surface area contributed by atoms with Crippen LogP contribution in [0.1, 0.15) is 51.7 Å². The molecule has 3 atom stereocenters. The third-order valence-electron chi connectivity index (χ3n) is 6.08. The van der Waals surface area contributed by atoms with Gasteiger partial charge in [-0.15, -0.1) is 0 Å². The molecule has 0 saturated carbocycles. The number of Topliss-reactive ketones (excluding diaryl/α,β-unsaturated/α-hetero) is 1. The topological polar surface area (TPSA) is 134 Å². The van der Waals surface area contributed by atoms with Crippen LogP contribution in [-0.4, -0.2) is 53.6 Å². The van der Waals surface area contributed by atoms with Crippen LogP contribution >= 0.6 is 0 Å². The van der Waals surface area contributed by atoms with Crippen molar-refractivity contribution >= 4 is 23.7 Å². The molecule has 0 bridgehead atoms. The lowest BCUT2D eigenvalue weighted by Gasteiger charge is -2.26. The van der Waals surface area contributed by atoms with E-state index in [1.54, 1.807) is 12.1 Å². The van der Waals surface area contributed by atoms with Gasteiger partial charge in [0.2, 0.25) is 11.8 Å². The van der Waals surface area contributed by atoms with Gasteiger partial charge in [0, 0.05) is 0 Å². The zero-order chi connectivity index (χ0) is 29.7. The first-order chi connectivity index (χ1) is 19.0. The van der Waals surface area contributed by atoms with Gasteiger partial charge in [-0.1, -0.05) is 70.2 Å².